The molecule has 10 heteroatoms. The summed E-state index contributed by atoms with van der Waals surface area (Å²) in [5.41, 5.74) is 0.327. The standard InChI is InChI=1S/C36H52O10/c1-19-27(37)7-8-29(43-19)46-32-30(39)20(2)44-33(31(32)40)45-24-10-13-35(4)23(16-24)5-6-26-25(35)11-12-34(3)17-21(9-14-36(26,34)41)22-15-28(38)42-18-22/h7-8,15,19-21,23-26,29-33,39-41H,5-6,9-14,16-18H2,1-4H3. The predicted molar refractivity (Wildman–Crippen MR) is 165 cm³/mol. The zero-order chi connectivity index (χ0) is 32.6. The first-order valence-electron chi connectivity index (χ1n) is 17.6. The number of carbonyl (C=O) groups is 2. The molecule has 3 aliphatic heterocycles. The summed E-state index contributed by atoms with van der Waals surface area (Å²) >= 11 is 0. The number of ether oxygens (including phenoxy) is 5. The molecule has 0 aromatic rings. The number of hydrogen-bond donors (Lipinski definition) is 3. The summed E-state index contributed by atoms with van der Waals surface area (Å²) in [6, 6.07) is 0. The largest absolute Gasteiger partial charge is 0.458 e. The topological polar surface area (TPSA) is 141 Å². The molecular formula is C36H52O10. The highest BCUT2D eigenvalue weighted by Gasteiger charge is 2.64. The molecule has 4 aliphatic carbocycles. The molecular weight excluding hydrogens is 592 g/mol. The number of hydrogen-bond acceptors (Lipinski definition) is 10. The van der Waals surface area contributed by atoms with Gasteiger partial charge in [-0.05, 0) is 130 Å². The lowest BCUT2D eigenvalue weighted by Crippen LogP contribution is -2.65. The van der Waals surface area contributed by atoms with E-state index in [4.69, 9.17) is 23.7 Å². The predicted octanol–water partition coefficient (Wildman–Crippen LogP) is 3.74. The Bertz CT molecular complexity index is 1270. The number of fused-ring (bicyclic) bond motifs is 5. The lowest BCUT2D eigenvalue weighted by Gasteiger charge is -2.66. The van der Waals surface area contributed by atoms with Crippen molar-refractivity contribution >= 4 is 11.8 Å². The normalized spacial score (nSPS) is 52.3. The van der Waals surface area contributed by atoms with E-state index in [9.17, 15) is 24.9 Å². The molecule has 15 unspecified atom stereocenters. The third-order valence-electron chi connectivity index (χ3n) is 13.6. The van der Waals surface area contributed by atoms with Crippen molar-refractivity contribution < 1.29 is 48.6 Å². The fourth-order valence-corrected chi connectivity index (χ4v) is 10.8. The van der Waals surface area contributed by atoms with Gasteiger partial charge < -0.3 is 39.0 Å². The molecule has 0 aromatic carbocycles. The molecule has 5 fully saturated rings. The van der Waals surface area contributed by atoms with Gasteiger partial charge in [0, 0.05) is 6.08 Å². The third-order valence-corrected chi connectivity index (χ3v) is 13.6. The highest BCUT2D eigenvalue weighted by atomic mass is 16.7. The van der Waals surface area contributed by atoms with Gasteiger partial charge in [0.1, 0.15) is 31.0 Å². The van der Waals surface area contributed by atoms with Gasteiger partial charge in [-0.2, -0.15) is 0 Å². The van der Waals surface area contributed by atoms with Crippen LogP contribution in [0, 0.1) is 34.5 Å². The molecule has 0 amide bonds. The van der Waals surface area contributed by atoms with E-state index in [1.54, 1.807) is 19.9 Å². The minimum Gasteiger partial charge on any atom is -0.458 e. The molecule has 3 heterocycles. The number of carbonyl (C=O) groups excluding carboxylic acids is 2. The summed E-state index contributed by atoms with van der Waals surface area (Å²) in [6.45, 7) is 8.50. The van der Waals surface area contributed by atoms with E-state index >= 15 is 0 Å². The lowest BCUT2D eigenvalue weighted by atomic mass is 9.41. The van der Waals surface area contributed by atoms with Gasteiger partial charge in [0.05, 0.1) is 17.8 Å². The third kappa shape index (κ3) is 5.44. The van der Waals surface area contributed by atoms with Crippen molar-refractivity contribution in [1.29, 1.82) is 0 Å². The van der Waals surface area contributed by atoms with Gasteiger partial charge in [-0.3, -0.25) is 4.79 Å². The average Bonchev–Trinajstić information content (AvgIpc) is 3.46. The zero-order valence-electron chi connectivity index (χ0n) is 27.6. The van der Waals surface area contributed by atoms with Crippen LogP contribution in [-0.2, 0) is 33.3 Å². The van der Waals surface area contributed by atoms with Gasteiger partial charge in [-0.15, -0.1) is 0 Å². The highest BCUT2D eigenvalue weighted by Crippen LogP contribution is 2.67. The monoisotopic (exact) mass is 644 g/mol. The Balaban J connectivity index is 0.999. The van der Waals surface area contributed by atoms with E-state index < -0.39 is 48.7 Å². The Morgan fingerprint density at radius 2 is 1.72 bits per heavy atom. The van der Waals surface area contributed by atoms with Crippen LogP contribution in [0.1, 0.15) is 91.9 Å². The summed E-state index contributed by atoms with van der Waals surface area (Å²) < 4.78 is 29.2. The van der Waals surface area contributed by atoms with E-state index in [1.165, 1.54) is 12.2 Å². The van der Waals surface area contributed by atoms with Crippen molar-refractivity contribution in [1.82, 2.24) is 0 Å². The van der Waals surface area contributed by atoms with Crippen molar-refractivity contribution in [3.05, 3.63) is 23.8 Å². The Kier molecular flexibility index (Phi) is 8.60. The van der Waals surface area contributed by atoms with Gasteiger partial charge >= 0.3 is 5.97 Å². The molecule has 0 radical (unpaired) electrons. The number of aliphatic hydroxyl groups excluding tert-OH is 2. The fraction of sp³-hybridized carbons (Fsp3) is 0.833. The van der Waals surface area contributed by atoms with Crippen molar-refractivity contribution in [3.63, 3.8) is 0 Å². The van der Waals surface area contributed by atoms with Crippen LogP contribution in [0.5, 0.6) is 0 Å². The zero-order valence-corrected chi connectivity index (χ0v) is 27.6. The van der Waals surface area contributed by atoms with Crippen LogP contribution in [0.4, 0.5) is 0 Å². The Morgan fingerprint density at radius 3 is 2.46 bits per heavy atom. The van der Waals surface area contributed by atoms with E-state index in [-0.39, 0.29) is 34.6 Å². The van der Waals surface area contributed by atoms with Gasteiger partial charge in [-0.1, -0.05) is 13.8 Å². The van der Waals surface area contributed by atoms with Gasteiger partial charge in [0.15, 0.2) is 18.4 Å². The maximum Gasteiger partial charge on any atom is 0.331 e. The molecule has 46 heavy (non-hydrogen) atoms. The van der Waals surface area contributed by atoms with Crippen molar-refractivity contribution in [2.75, 3.05) is 6.61 Å². The molecule has 10 nitrogen and oxygen atoms in total. The molecule has 7 aliphatic rings. The van der Waals surface area contributed by atoms with Crippen molar-refractivity contribution in [2.45, 2.75) is 147 Å². The fourth-order valence-electron chi connectivity index (χ4n) is 10.8. The molecule has 7 rings (SSSR count). The van der Waals surface area contributed by atoms with E-state index in [1.807, 2.05) is 0 Å². The van der Waals surface area contributed by atoms with Crippen LogP contribution in [-0.4, -0.2) is 88.5 Å². The molecule has 0 bridgehead atoms. The minimum atomic E-state index is -1.23. The lowest BCUT2D eigenvalue weighted by molar-refractivity contribution is -0.330. The van der Waals surface area contributed by atoms with Crippen LogP contribution in [0.3, 0.4) is 0 Å². The van der Waals surface area contributed by atoms with E-state index in [0.29, 0.717) is 24.4 Å². The first-order chi connectivity index (χ1) is 21.8. The van der Waals surface area contributed by atoms with Crippen LogP contribution in [0.15, 0.2) is 23.8 Å². The van der Waals surface area contributed by atoms with Gasteiger partial charge in [-0.25, -0.2) is 4.79 Å². The second kappa shape index (κ2) is 12.0. The first-order valence-corrected chi connectivity index (χ1v) is 17.6. The maximum atomic E-state index is 12.5. The highest BCUT2D eigenvalue weighted by molar-refractivity contribution is 5.93. The summed E-state index contributed by atoms with van der Waals surface area (Å²) in [5, 5.41) is 34.6. The second-order valence-electron chi connectivity index (χ2n) is 16.0. The SMILES string of the molecule is CC1OC(OC2C(O)C(C)OC(OC3CCC4(C)C(CCC5C4CCC4(C)CC(C6=CC(=O)OC6)CCC54O)C3)C2O)C=CC1=O. The average molecular weight is 645 g/mol. The molecule has 15 atom stereocenters. The summed E-state index contributed by atoms with van der Waals surface area (Å²) in [5.74, 6) is 1.06. The summed E-state index contributed by atoms with van der Waals surface area (Å²) in [6.07, 6.45) is 7.43. The van der Waals surface area contributed by atoms with E-state index in [2.05, 4.69) is 13.8 Å². The number of cyclic esters (lactones) is 1. The minimum absolute atomic E-state index is 0.0992. The smallest absolute Gasteiger partial charge is 0.331 e. The number of rotatable bonds is 5. The quantitative estimate of drug-likeness (QED) is 0.300. The Labute approximate surface area is 271 Å². The molecule has 1 saturated heterocycles. The van der Waals surface area contributed by atoms with Crippen molar-refractivity contribution in [3.8, 4) is 0 Å². The summed E-state index contributed by atoms with van der Waals surface area (Å²) in [4.78, 5) is 23.6. The number of esters is 1. The molecule has 3 N–H and O–H groups in total. The Morgan fingerprint density at radius 1 is 0.913 bits per heavy atom. The number of aliphatic hydroxyl groups is 3. The van der Waals surface area contributed by atoms with Crippen LogP contribution in [0.25, 0.3) is 0 Å². The molecule has 256 valence electrons. The number of ketones is 1. The van der Waals surface area contributed by atoms with Gasteiger partial charge in [0.25, 0.3) is 0 Å². The summed E-state index contributed by atoms with van der Waals surface area (Å²) in [7, 11) is 0. The van der Waals surface area contributed by atoms with Gasteiger partial charge in [0.2, 0.25) is 0 Å². The molecule has 0 spiro atoms. The van der Waals surface area contributed by atoms with Crippen molar-refractivity contribution in [2.24, 2.45) is 34.5 Å². The molecule has 0 aromatic heterocycles. The van der Waals surface area contributed by atoms with Crippen LogP contribution in [0.2, 0.25) is 0 Å². The maximum absolute atomic E-state index is 12.5. The van der Waals surface area contributed by atoms with E-state index in [0.717, 1.165) is 69.8 Å². The Hall–Kier alpha value is -1.66. The first kappa shape index (κ1) is 32.9. The molecule has 4 saturated carbocycles. The van der Waals surface area contributed by atoms with Crippen LogP contribution >= 0.6 is 0 Å². The van der Waals surface area contributed by atoms with Crippen LogP contribution < -0.4 is 0 Å². The second-order valence-corrected chi connectivity index (χ2v) is 16.0.